The highest BCUT2D eigenvalue weighted by atomic mass is 32.2. The second kappa shape index (κ2) is 9.94. The number of nitriles is 1. The topological polar surface area (TPSA) is 93.5 Å². The van der Waals surface area contributed by atoms with Gasteiger partial charge in [0.1, 0.15) is 11.1 Å². The van der Waals surface area contributed by atoms with Crippen molar-refractivity contribution in [2.75, 3.05) is 25.0 Å². The number of nitrogens with one attached hydrogen (secondary N) is 1. The molecule has 0 aliphatic carbocycles. The summed E-state index contributed by atoms with van der Waals surface area (Å²) in [6, 6.07) is 8.78. The lowest BCUT2D eigenvalue weighted by molar-refractivity contribution is 0.102. The van der Waals surface area contributed by atoms with Crippen molar-refractivity contribution >= 4 is 32.3 Å². The van der Waals surface area contributed by atoms with Crippen LogP contribution in [0.2, 0.25) is 0 Å². The normalized spacial score (nSPS) is 17.9. The van der Waals surface area contributed by atoms with Crippen molar-refractivity contribution in [1.29, 1.82) is 5.26 Å². The van der Waals surface area contributed by atoms with Crippen LogP contribution in [0.3, 0.4) is 0 Å². The number of sulfonamides is 1. The molecule has 1 aromatic carbocycles. The highest BCUT2D eigenvalue weighted by Crippen LogP contribution is 2.37. The maximum Gasteiger partial charge on any atom is 0.256 e. The molecule has 0 bridgehead atoms. The summed E-state index contributed by atoms with van der Waals surface area (Å²) in [5.41, 5.74) is 1.95. The highest BCUT2D eigenvalue weighted by Gasteiger charge is 2.27. The first-order chi connectivity index (χ1) is 15.8. The summed E-state index contributed by atoms with van der Waals surface area (Å²) >= 11 is 1.46. The molecule has 7 nitrogen and oxygen atoms in total. The van der Waals surface area contributed by atoms with Gasteiger partial charge in [-0.3, -0.25) is 9.69 Å². The van der Waals surface area contributed by atoms with E-state index in [9.17, 15) is 18.5 Å². The van der Waals surface area contributed by atoms with E-state index < -0.39 is 10.0 Å². The van der Waals surface area contributed by atoms with Crippen molar-refractivity contribution in [1.82, 2.24) is 9.21 Å². The van der Waals surface area contributed by atoms with Crippen LogP contribution in [0.4, 0.5) is 5.00 Å². The van der Waals surface area contributed by atoms with Crippen LogP contribution in [0.15, 0.2) is 29.2 Å². The zero-order valence-corrected chi connectivity index (χ0v) is 20.8. The summed E-state index contributed by atoms with van der Waals surface area (Å²) in [6.07, 6.45) is 4.65. The van der Waals surface area contributed by atoms with Gasteiger partial charge in [-0.25, -0.2) is 8.42 Å². The van der Waals surface area contributed by atoms with Gasteiger partial charge in [-0.1, -0.05) is 12.8 Å². The summed E-state index contributed by atoms with van der Waals surface area (Å²) < 4.78 is 27.5. The monoisotopic (exact) mass is 486 g/mol. The highest BCUT2D eigenvalue weighted by molar-refractivity contribution is 7.89. The molecule has 33 heavy (non-hydrogen) atoms. The van der Waals surface area contributed by atoms with Crippen molar-refractivity contribution in [2.45, 2.75) is 63.4 Å². The van der Waals surface area contributed by atoms with Crippen LogP contribution in [-0.2, 0) is 23.0 Å². The molecule has 4 rings (SSSR count). The van der Waals surface area contributed by atoms with Crippen LogP contribution >= 0.6 is 11.3 Å². The number of carbonyl (C=O) groups is 1. The second-order valence-corrected chi connectivity index (χ2v) is 12.0. The van der Waals surface area contributed by atoms with Crippen molar-refractivity contribution < 1.29 is 13.2 Å². The van der Waals surface area contributed by atoms with E-state index in [1.54, 1.807) is 16.4 Å². The van der Waals surface area contributed by atoms with E-state index in [4.69, 9.17) is 0 Å². The van der Waals surface area contributed by atoms with Crippen molar-refractivity contribution in [3.8, 4) is 6.07 Å². The van der Waals surface area contributed by atoms with E-state index in [1.165, 1.54) is 23.5 Å². The minimum Gasteiger partial charge on any atom is -0.312 e. The average Bonchev–Trinajstić information content (AvgIpc) is 2.95. The number of amides is 1. The maximum atomic E-state index is 13.0. The Bertz CT molecular complexity index is 1160. The number of thiophene rings is 1. The van der Waals surface area contributed by atoms with Crippen LogP contribution < -0.4 is 5.32 Å². The molecular weight excluding hydrogens is 456 g/mol. The molecule has 1 saturated heterocycles. The zero-order chi connectivity index (χ0) is 23.6. The van der Waals surface area contributed by atoms with Crippen LogP contribution in [0.1, 0.15) is 65.9 Å². The van der Waals surface area contributed by atoms with Crippen LogP contribution in [0, 0.1) is 11.3 Å². The number of fused-ring (bicyclic) bond motifs is 1. The largest absolute Gasteiger partial charge is 0.312 e. The van der Waals surface area contributed by atoms with E-state index in [2.05, 4.69) is 30.1 Å². The van der Waals surface area contributed by atoms with Crippen LogP contribution in [0.25, 0.3) is 0 Å². The lowest BCUT2D eigenvalue weighted by Gasteiger charge is -2.30. The fourth-order valence-corrected chi connectivity index (χ4v) is 7.19. The molecule has 2 aromatic rings. The van der Waals surface area contributed by atoms with E-state index in [-0.39, 0.29) is 10.8 Å². The molecule has 0 unspecified atom stereocenters. The third kappa shape index (κ3) is 4.99. The number of hydrogen-bond acceptors (Lipinski definition) is 6. The molecule has 1 fully saturated rings. The molecule has 0 atom stereocenters. The van der Waals surface area contributed by atoms with Gasteiger partial charge in [0, 0.05) is 42.7 Å². The molecule has 2 aliphatic heterocycles. The Balaban J connectivity index is 1.50. The molecule has 0 saturated carbocycles. The van der Waals surface area contributed by atoms with Gasteiger partial charge in [-0.15, -0.1) is 11.3 Å². The van der Waals surface area contributed by atoms with Gasteiger partial charge in [0.25, 0.3) is 5.91 Å². The van der Waals surface area contributed by atoms with E-state index >= 15 is 0 Å². The molecule has 0 radical (unpaired) electrons. The smallest absolute Gasteiger partial charge is 0.256 e. The molecular formula is C24H30N4O3S2. The van der Waals surface area contributed by atoms with Gasteiger partial charge >= 0.3 is 0 Å². The maximum absolute atomic E-state index is 13.0. The van der Waals surface area contributed by atoms with Gasteiger partial charge in [0.2, 0.25) is 10.0 Å². The Morgan fingerprint density at radius 3 is 2.36 bits per heavy atom. The predicted octanol–water partition coefficient (Wildman–Crippen LogP) is 4.20. The summed E-state index contributed by atoms with van der Waals surface area (Å²) in [7, 11) is -3.56. The minimum atomic E-state index is -3.56. The van der Waals surface area contributed by atoms with Gasteiger partial charge in [0.15, 0.2) is 0 Å². The summed E-state index contributed by atoms with van der Waals surface area (Å²) in [6.45, 7) is 7.08. The first-order valence-electron chi connectivity index (χ1n) is 11.5. The number of hydrogen-bond donors (Lipinski definition) is 1. The standard InChI is InChI=1S/C24H30N4O3S2/c1-17(2)27-14-11-20-21(15-25)24(32-22(20)16-27)26-23(29)18-7-9-19(10-8-18)33(30,31)28-12-5-3-4-6-13-28/h7-10,17H,3-6,11-14,16H2,1-2H3,(H,26,29). The molecule has 3 heterocycles. The number of rotatable bonds is 5. The van der Waals surface area contributed by atoms with Gasteiger partial charge < -0.3 is 5.32 Å². The molecule has 9 heteroatoms. The molecule has 2 aliphatic rings. The predicted molar refractivity (Wildman–Crippen MR) is 130 cm³/mol. The summed E-state index contributed by atoms with van der Waals surface area (Å²) in [5.74, 6) is -0.343. The Hall–Kier alpha value is -2.25. The van der Waals surface area contributed by atoms with Gasteiger partial charge in [-0.2, -0.15) is 9.57 Å². The van der Waals surface area contributed by atoms with Crippen LogP contribution in [-0.4, -0.2) is 49.2 Å². The fourth-order valence-electron chi connectivity index (χ4n) is 4.46. The first-order valence-corrected chi connectivity index (χ1v) is 13.8. The fraction of sp³-hybridized carbons (Fsp3) is 0.500. The van der Waals surface area contributed by atoms with Crippen LogP contribution in [0.5, 0.6) is 0 Å². The molecule has 1 N–H and O–H groups in total. The zero-order valence-electron chi connectivity index (χ0n) is 19.1. The Labute approximate surface area is 200 Å². The number of carbonyl (C=O) groups excluding carboxylic acids is 1. The van der Waals surface area contributed by atoms with E-state index in [0.717, 1.165) is 55.6 Å². The number of benzene rings is 1. The molecule has 176 valence electrons. The Morgan fingerprint density at radius 1 is 1.09 bits per heavy atom. The first kappa shape index (κ1) is 23.9. The van der Waals surface area contributed by atoms with Crippen molar-refractivity contribution in [3.05, 3.63) is 45.8 Å². The van der Waals surface area contributed by atoms with E-state index in [1.807, 2.05) is 0 Å². The van der Waals surface area contributed by atoms with Gasteiger partial charge in [-0.05, 0) is 62.9 Å². The van der Waals surface area contributed by atoms with Gasteiger partial charge in [0.05, 0.1) is 10.5 Å². The molecule has 1 amide bonds. The number of anilines is 1. The SMILES string of the molecule is CC(C)N1CCc2c(sc(NC(=O)c3ccc(S(=O)(=O)N4CCCCCC4)cc3)c2C#N)C1. The molecule has 1 aromatic heterocycles. The summed E-state index contributed by atoms with van der Waals surface area (Å²) in [5, 5.41) is 13.2. The minimum absolute atomic E-state index is 0.207. The average molecular weight is 487 g/mol. The third-order valence-corrected chi connectivity index (χ3v) is 9.52. The van der Waals surface area contributed by atoms with Crippen molar-refractivity contribution in [2.24, 2.45) is 0 Å². The van der Waals surface area contributed by atoms with Crippen molar-refractivity contribution in [3.63, 3.8) is 0 Å². The number of nitrogens with zero attached hydrogens (tertiary/aromatic N) is 3. The Kier molecular flexibility index (Phi) is 7.19. The molecule has 0 spiro atoms. The quantitative estimate of drug-likeness (QED) is 0.684. The Morgan fingerprint density at radius 2 is 1.76 bits per heavy atom. The summed E-state index contributed by atoms with van der Waals surface area (Å²) in [4.78, 5) is 16.6. The third-order valence-electron chi connectivity index (χ3n) is 6.47. The second-order valence-electron chi connectivity index (χ2n) is 8.93. The van der Waals surface area contributed by atoms with E-state index in [0.29, 0.717) is 35.3 Å². The lowest BCUT2D eigenvalue weighted by atomic mass is 10.0. The lowest BCUT2D eigenvalue weighted by Crippen LogP contribution is -2.35.